The molecule has 9 nitrogen and oxygen atoms in total. The Kier molecular flexibility index (Phi) is 4.94. The molecule has 3 aromatic heterocycles. The average Bonchev–Trinajstić information content (AvgIpc) is 3.35. The van der Waals surface area contributed by atoms with Gasteiger partial charge in [-0.1, -0.05) is 35.5 Å². The van der Waals surface area contributed by atoms with Crippen molar-refractivity contribution in [1.29, 1.82) is 0 Å². The van der Waals surface area contributed by atoms with E-state index in [9.17, 15) is 9.59 Å². The summed E-state index contributed by atoms with van der Waals surface area (Å²) in [6.07, 6.45) is 1.60. The van der Waals surface area contributed by atoms with Crippen molar-refractivity contribution in [2.24, 2.45) is 0 Å². The molecule has 0 aliphatic rings. The number of benzene rings is 1. The van der Waals surface area contributed by atoms with Gasteiger partial charge in [0.1, 0.15) is 6.54 Å². The average molecular weight is 392 g/mol. The second kappa shape index (κ2) is 7.70. The Balaban J connectivity index is 1.73. The molecule has 0 bridgehead atoms. The highest BCUT2D eigenvalue weighted by Gasteiger charge is 2.19. The summed E-state index contributed by atoms with van der Waals surface area (Å²) in [6, 6.07) is 12.9. The van der Waals surface area contributed by atoms with E-state index in [-0.39, 0.29) is 18.3 Å². The van der Waals surface area contributed by atoms with Gasteiger partial charge in [0.15, 0.2) is 5.65 Å². The molecule has 0 saturated carbocycles. The minimum absolute atomic E-state index is 0.124. The molecule has 0 aliphatic heterocycles. The number of likely N-dealkylation sites (N-methyl/N-ethyl adjacent to an activating group) is 1. The minimum atomic E-state index is -0.398. The van der Waals surface area contributed by atoms with Crippen LogP contribution in [0.2, 0.25) is 0 Å². The van der Waals surface area contributed by atoms with E-state index >= 15 is 0 Å². The van der Waals surface area contributed by atoms with Gasteiger partial charge in [0.25, 0.3) is 5.89 Å². The summed E-state index contributed by atoms with van der Waals surface area (Å²) in [6.45, 7) is 4.82. The van der Waals surface area contributed by atoms with Crippen LogP contribution in [0.15, 0.2) is 58.0 Å². The maximum absolute atomic E-state index is 12.7. The van der Waals surface area contributed by atoms with Crippen molar-refractivity contribution in [2.45, 2.75) is 20.4 Å². The van der Waals surface area contributed by atoms with Gasteiger partial charge in [-0.2, -0.15) is 4.98 Å². The lowest BCUT2D eigenvalue weighted by Gasteiger charge is -2.17. The number of amides is 1. The fourth-order valence-electron chi connectivity index (χ4n) is 3.15. The van der Waals surface area contributed by atoms with Gasteiger partial charge in [-0.3, -0.25) is 4.79 Å². The van der Waals surface area contributed by atoms with Gasteiger partial charge in [-0.25, -0.2) is 13.9 Å². The van der Waals surface area contributed by atoms with Crippen LogP contribution in [0.5, 0.6) is 0 Å². The SMILES string of the molecule is CCN(CC)C(=O)Cn1nc2c(-c3nc(-c4ccccc4)no3)cccn2c1=O. The molecule has 4 aromatic rings. The third-order valence-corrected chi connectivity index (χ3v) is 4.70. The summed E-state index contributed by atoms with van der Waals surface area (Å²) >= 11 is 0. The number of carbonyl (C=O) groups excluding carboxylic acids is 1. The van der Waals surface area contributed by atoms with Crippen molar-refractivity contribution in [1.82, 2.24) is 29.2 Å². The largest absolute Gasteiger partial charge is 0.350 e. The van der Waals surface area contributed by atoms with Gasteiger partial charge in [0.2, 0.25) is 11.7 Å². The zero-order valence-corrected chi connectivity index (χ0v) is 16.1. The second-order valence-corrected chi connectivity index (χ2v) is 6.41. The first-order chi connectivity index (χ1) is 14.1. The van der Waals surface area contributed by atoms with Crippen LogP contribution in [0.1, 0.15) is 13.8 Å². The van der Waals surface area contributed by atoms with Crippen LogP contribution in [0.4, 0.5) is 0 Å². The first-order valence-corrected chi connectivity index (χ1v) is 9.37. The smallest absolute Gasteiger partial charge is 0.342 e. The van der Waals surface area contributed by atoms with Gasteiger partial charge in [0.05, 0.1) is 5.56 Å². The summed E-state index contributed by atoms with van der Waals surface area (Å²) in [7, 11) is 0. The van der Waals surface area contributed by atoms with E-state index in [4.69, 9.17) is 4.52 Å². The molecular formula is C20H20N6O3. The third kappa shape index (κ3) is 3.42. The Morgan fingerprint density at radius 2 is 1.86 bits per heavy atom. The normalized spacial score (nSPS) is 11.1. The lowest BCUT2D eigenvalue weighted by atomic mass is 10.2. The van der Waals surface area contributed by atoms with Crippen LogP contribution in [0, 0.1) is 0 Å². The predicted octanol–water partition coefficient (Wildman–Crippen LogP) is 2.08. The van der Waals surface area contributed by atoms with Gasteiger partial charge in [-0.05, 0) is 26.0 Å². The summed E-state index contributed by atoms with van der Waals surface area (Å²) in [5, 5.41) is 8.38. The second-order valence-electron chi connectivity index (χ2n) is 6.41. The number of carbonyl (C=O) groups is 1. The number of pyridine rings is 1. The van der Waals surface area contributed by atoms with E-state index in [0.717, 1.165) is 10.2 Å². The number of aromatic nitrogens is 5. The van der Waals surface area contributed by atoms with Crippen LogP contribution in [0.25, 0.3) is 28.5 Å². The van der Waals surface area contributed by atoms with Gasteiger partial charge in [-0.15, -0.1) is 5.10 Å². The third-order valence-electron chi connectivity index (χ3n) is 4.70. The Morgan fingerprint density at radius 1 is 1.10 bits per heavy atom. The molecule has 0 unspecified atom stereocenters. The molecule has 0 atom stereocenters. The molecule has 0 saturated heterocycles. The topological polar surface area (TPSA) is 98.5 Å². The van der Waals surface area contributed by atoms with Crippen molar-refractivity contribution < 1.29 is 9.32 Å². The molecule has 148 valence electrons. The molecule has 0 spiro atoms. The van der Waals surface area contributed by atoms with Gasteiger partial charge in [0, 0.05) is 24.8 Å². The first kappa shape index (κ1) is 18.6. The lowest BCUT2D eigenvalue weighted by molar-refractivity contribution is -0.131. The summed E-state index contributed by atoms with van der Waals surface area (Å²) < 4.78 is 7.95. The Morgan fingerprint density at radius 3 is 2.59 bits per heavy atom. The van der Waals surface area contributed by atoms with E-state index in [1.165, 1.54) is 4.40 Å². The van der Waals surface area contributed by atoms with Crippen LogP contribution in [-0.4, -0.2) is 48.2 Å². The molecular weight excluding hydrogens is 372 g/mol. The summed E-state index contributed by atoms with van der Waals surface area (Å²) in [5.74, 6) is 0.536. The summed E-state index contributed by atoms with van der Waals surface area (Å²) in [5.41, 5.74) is 1.30. The highest BCUT2D eigenvalue weighted by molar-refractivity contribution is 5.76. The Hall–Kier alpha value is -3.75. The highest BCUT2D eigenvalue weighted by atomic mass is 16.5. The summed E-state index contributed by atoms with van der Waals surface area (Å²) in [4.78, 5) is 31.2. The fourth-order valence-corrected chi connectivity index (χ4v) is 3.15. The van der Waals surface area contributed by atoms with Crippen molar-refractivity contribution in [3.63, 3.8) is 0 Å². The molecule has 0 radical (unpaired) electrons. The molecule has 1 aromatic carbocycles. The Labute approximate surface area is 166 Å². The minimum Gasteiger partial charge on any atom is -0.342 e. The van der Waals surface area contributed by atoms with Crippen LogP contribution >= 0.6 is 0 Å². The van der Waals surface area contributed by atoms with Crippen LogP contribution in [0.3, 0.4) is 0 Å². The fraction of sp³-hybridized carbons (Fsp3) is 0.250. The molecule has 3 heterocycles. The first-order valence-electron chi connectivity index (χ1n) is 9.37. The van der Waals surface area contributed by atoms with Crippen molar-refractivity contribution in [2.75, 3.05) is 13.1 Å². The zero-order valence-electron chi connectivity index (χ0n) is 16.1. The quantitative estimate of drug-likeness (QED) is 0.498. The predicted molar refractivity (Wildman–Crippen MR) is 106 cm³/mol. The lowest BCUT2D eigenvalue weighted by Crippen LogP contribution is -2.36. The molecule has 4 rings (SSSR count). The maximum atomic E-state index is 12.7. The molecule has 1 amide bonds. The molecule has 29 heavy (non-hydrogen) atoms. The number of fused-ring (bicyclic) bond motifs is 1. The van der Waals surface area contributed by atoms with Crippen LogP contribution < -0.4 is 5.69 Å². The standard InChI is InChI=1S/C20H20N6O3/c1-3-24(4-2)16(27)13-26-20(28)25-12-8-11-15(18(25)22-26)19-21-17(23-29-19)14-9-6-5-7-10-14/h5-12H,3-4,13H2,1-2H3. The van der Waals surface area contributed by atoms with E-state index < -0.39 is 5.69 Å². The van der Waals surface area contributed by atoms with E-state index in [1.54, 1.807) is 23.2 Å². The molecule has 0 aliphatic carbocycles. The van der Waals surface area contributed by atoms with E-state index in [2.05, 4.69) is 15.2 Å². The van der Waals surface area contributed by atoms with Crippen molar-refractivity contribution in [3.8, 4) is 22.8 Å². The van der Waals surface area contributed by atoms with E-state index in [0.29, 0.717) is 30.1 Å². The Bertz CT molecular complexity index is 1200. The number of nitrogens with zero attached hydrogens (tertiary/aromatic N) is 6. The maximum Gasteiger partial charge on any atom is 0.350 e. The van der Waals surface area contributed by atoms with Crippen molar-refractivity contribution >= 4 is 11.6 Å². The molecule has 0 fully saturated rings. The van der Waals surface area contributed by atoms with E-state index in [1.807, 2.05) is 44.2 Å². The van der Waals surface area contributed by atoms with Crippen LogP contribution in [-0.2, 0) is 11.3 Å². The number of rotatable bonds is 6. The molecule has 0 N–H and O–H groups in total. The van der Waals surface area contributed by atoms with Gasteiger partial charge < -0.3 is 9.42 Å². The number of hydrogen-bond donors (Lipinski definition) is 0. The monoisotopic (exact) mass is 392 g/mol. The number of hydrogen-bond acceptors (Lipinski definition) is 6. The zero-order chi connectivity index (χ0) is 20.4. The highest BCUT2D eigenvalue weighted by Crippen LogP contribution is 2.24. The van der Waals surface area contributed by atoms with Crippen molar-refractivity contribution in [3.05, 3.63) is 59.1 Å². The van der Waals surface area contributed by atoms with Gasteiger partial charge >= 0.3 is 5.69 Å². The molecule has 9 heteroatoms.